The number of hydrogen-bond donors (Lipinski definition) is 1. The monoisotopic (exact) mass is 324 g/mol. The van der Waals surface area contributed by atoms with Crippen LogP contribution in [0.15, 0.2) is 18.2 Å². The van der Waals surface area contributed by atoms with E-state index in [0.717, 1.165) is 6.42 Å². The van der Waals surface area contributed by atoms with E-state index in [2.05, 4.69) is 0 Å². The first-order chi connectivity index (χ1) is 9.65. The Bertz CT molecular complexity index is 565. The minimum absolute atomic E-state index is 0.0331. The van der Waals surface area contributed by atoms with Crippen molar-refractivity contribution in [1.82, 2.24) is 0 Å². The number of rotatable bonds is 7. The summed E-state index contributed by atoms with van der Waals surface area (Å²) in [6, 6.07) is 4.38. The predicted molar refractivity (Wildman–Crippen MR) is 74.8 cm³/mol. The molecule has 0 bridgehead atoms. The van der Waals surface area contributed by atoms with Gasteiger partial charge in [-0.3, -0.25) is 4.55 Å². The highest BCUT2D eigenvalue weighted by Crippen LogP contribution is 2.36. The quantitative estimate of drug-likeness (QED) is 0.775. The Morgan fingerprint density at radius 2 is 1.62 bits per heavy atom. The van der Waals surface area contributed by atoms with Gasteiger partial charge in [0.05, 0.1) is 11.3 Å². The number of alkyl halides is 3. The molecule has 0 aromatic heterocycles. The van der Waals surface area contributed by atoms with Gasteiger partial charge in [0.2, 0.25) is 0 Å². The highest BCUT2D eigenvalue weighted by molar-refractivity contribution is 7.85. The summed E-state index contributed by atoms with van der Waals surface area (Å²) in [7, 11) is -4.15. The zero-order valence-electron chi connectivity index (χ0n) is 11.8. The van der Waals surface area contributed by atoms with Crippen molar-refractivity contribution in [2.45, 2.75) is 45.2 Å². The maximum atomic E-state index is 13.2. The number of hydrogen-bond acceptors (Lipinski definition) is 2. The summed E-state index contributed by atoms with van der Waals surface area (Å²) in [5, 5.41) is 0. The first kappa shape index (κ1) is 18.0. The van der Waals surface area contributed by atoms with E-state index in [-0.39, 0.29) is 24.0 Å². The molecule has 3 nitrogen and oxygen atoms in total. The van der Waals surface area contributed by atoms with Crippen molar-refractivity contribution in [3.8, 4) is 0 Å². The fraction of sp³-hybridized carbons (Fsp3) is 0.571. The van der Waals surface area contributed by atoms with Crippen LogP contribution in [0.25, 0.3) is 0 Å². The number of benzene rings is 1. The van der Waals surface area contributed by atoms with Crippen LogP contribution >= 0.6 is 0 Å². The van der Waals surface area contributed by atoms with E-state index in [1.54, 1.807) is 6.07 Å². The van der Waals surface area contributed by atoms with Crippen molar-refractivity contribution < 1.29 is 26.1 Å². The smallest absolute Gasteiger partial charge is 0.286 e. The maximum Gasteiger partial charge on any atom is 0.416 e. The Morgan fingerprint density at radius 1 is 1.10 bits per heavy atom. The molecule has 1 aromatic rings. The van der Waals surface area contributed by atoms with Crippen molar-refractivity contribution >= 4 is 10.1 Å². The van der Waals surface area contributed by atoms with Crippen LogP contribution in [0.4, 0.5) is 13.2 Å². The molecule has 120 valence electrons. The minimum atomic E-state index is -4.46. The summed E-state index contributed by atoms with van der Waals surface area (Å²) in [6.45, 7) is 1.91. The molecule has 21 heavy (non-hydrogen) atoms. The molecule has 0 radical (unpaired) electrons. The second kappa shape index (κ2) is 7.26. The highest BCUT2D eigenvalue weighted by Gasteiger charge is 2.35. The fourth-order valence-corrected chi connectivity index (χ4v) is 2.76. The van der Waals surface area contributed by atoms with Crippen molar-refractivity contribution in [2.24, 2.45) is 0 Å². The van der Waals surface area contributed by atoms with Crippen molar-refractivity contribution in [3.63, 3.8) is 0 Å². The zero-order chi connectivity index (χ0) is 16.1. The lowest BCUT2D eigenvalue weighted by Crippen LogP contribution is -2.14. The molecule has 0 unspecified atom stereocenters. The second-order valence-corrected chi connectivity index (χ2v) is 6.51. The van der Waals surface area contributed by atoms with E-state index in [4.69, 9.17) is 4.55 Å². The normalized spacial score (nSPS) is 12.6. The summed E-state index contributed by atoms with van der Waals surface area (Å²) in [6.07, 6.45) is -2.73. The Balaban J connectivity index is 3.02. The summed E-state index contributed by atoms with van der Waals surface area (Å²) in [4.78, 5) is 0. The topological polar surface area (TPSA) is 54.4 Å². The summed E-state index contributed by atoms with van der Waals surface area (Å²) in [5.74, 6) is -0.538. The van der Waals surface area contributed by atoms with Crippen molar-refractivity contribution in [2.75, 3.05) is 5.75 Å². The van der Waals surface area contributed by atoms with Gasteiger partial charge in [-0.15, -0.1) is 0 Å². The van der Waals surface area contributed by atoms with Gasteiger partial charge < -0.3 is 0 Å². The molecule has 1 N–H and O–H groups in total. The number of aryl methyl sites for hydroxylation is 2. The number of unbranched alkanes of at least 4 members (excludes halogenated alkanes) is 1. The van der Waals surface area contributed by atoms with Gasteiger partial charge in [-0.05, 0) is 36.8 Å². The van der Waals surface area contributed by atoms with Crippen LogP contribution in [0.1, 0.15) is 42.9 Å². The third-order valence-electron chi connectivity index (χ3n) is 3.17. The van der Waals surface area contributed by atoms with Crippen molar-refractivity contribution in [1.29, 1.82) is 0 Å². The lowest BCUT2D eigenvalue weighted by atomic mass is 9.94. The zero-order valence-corrected chi connectivity index (χ0v) is 12.6. The Labute approximate surface area is 122 Å². The molecular formula is C14H19F3O3S. The van der Waals surface area contributed by atoms with Gasteiger partial charge in [0.1, 0.15) is 0 Å². The van der Waals surface area contributed by atoms with Crippen LogP contribution in [0.5, 0.6) is 0 Å². The molecule has 0 heterocycles. The van der Waals surface area contributed by atoms with Crippen LogP contribution in [0, 0.1) is 0 Å². The van der Waals surface area contributed by atoms with Gasteiger partial charge in [-0.25, -0.2) is 0 Å². The second-order valence-electron chi connectivity index (χ2n) is 4.94. The molecule has 0 spiro atoms. The molecule has 0 saturated heterocycles. The van der Waals surface area contributed by atoms with Crippen LogP contribution in [0.2, 0.25) is 0 Å². The van der Waals surface area contributed by atoms with Crippen LogP contribution in [0.3, 0.4) is 0 Å². The largest absolute Gasteiger partial charge is 0.416 e. The average Bonchev–Trinajstić information content (AvgIpc) is 2.33. The van der Waals surface area contributed by atoms with Gasteiger partial charge in [-0.1, -0.05) is 31.5 Å². The number of halogens is 3. The summed E-state index contributed by atoms with van der Waals surface area (Å²) in [5.41, 5.74) is -0.331. The van der Waals surface area contributed by atoms with Gasteiger partial charge in [-0.2, -0.15) is 21.6 Å². The molecule has 7 heteroatoms. The molecule has 0 aliphatic heterocycles. The molecule has 1 aromatic carbocycles. The predicted octanol–water partition coefficient (Wildman–Crippen LogP) is 3.87. The minimum Gasteiger partial charge on any atom is -0.286 e. The molecular weight excluding hydrogens is 305 g/mol. The van der Waals surface area contributed by atoms with E-state index in [9.17, 15) is 21.6 Å². The van der Waals surface area contributed by atoms with E-state index in [1.807, 2.05) is 6.92 Å². The van der Waals surface area contributed by atoms with E-state index in [1.165, 1.54) is 12.1 Å². The van der Waals surface area contributed by atoms with Crippen LogP contribution in [-0.2, 0) is 29.1 Å². The lowest BCUT2D eigenvalue weighted by Gasteiger charge is -2.17. The third kappa shape index (κ3) is 6.05. The molecule has 0 saturated carbocycles. The first-order valence-corrected chi connectivity index (χ1v) is 8.39. The fourth-order valence-electron chi connectivity index (χ4n) is 2.25. The van der Waals surface area contributed by atoms with E-state index < -0.39 is 27.6 Å². The SMILES string of the molecule is CCCCc1cccc(CCCS(=O)(=O)O)c1C(F)(F)F. The molecule has 0 aliphatic rings. The molecule has 1 rings (SSSR count). The first-order valence-electron chi connectivity index (χ1n) is 6.78. The maximum absolute atomic E-state index is 13.2. The molecule has 0 atom stereocenters. The van der Waals surface area contributed by atoms with Gasteiger partial charge in [0.15, 0.2) is 0 Å². The molecule has 0 fully saturated rings. The summed E-state index contributed by atoms with van der Waals surface area (Å²) < 4.78 is 69.6. The standard InChI is InChI=1S/C14H19F3O3S/c1-2-3-6-11-7-4-8-12(13(11)14(15,16)17)9-5-10-21(18,19)20/h4,7-8H,2-3,5-6,9-10H2,1H3,(H,18,19,20). The van der Waals surface area contributed by atoms with Gasteiger partial charge in [0, 0.05) is 0 Å². The van der Waals surface area contributed by atoms with Crippen molar-refractivity contribution in [3.05, 3.63) is 34.9 Å². The van der Waals surface area contributed by atoms with E-state index >= 15 is 0 Å². The third-order valence-corrected chi connectivity index (χ3v) is 3.97. The molecule has 0 amide bonds. The van der Waals surface area contributed by atoms with Crippen LogP contribution in [-0.4, -0.2) is 18.7 Å². The van der Waals surface area contributed by atoms with E-state index in [0.29, 0.717) is 12.8 Å². The van der Waals surface area contributed by atoms with Gasteiger partial charge >= 0.3 is 6.18 Å². The summed E-state index contributed by atoms with van der Waals surface area (Å²) >= 11 is 0. The van der Waals surface area contributed by atoms with Gasteiger partial charge in [0.25, 0.3) is 10.1 Å². The lowest BCUT2D eigenvalue weighted by molar-refractivity contribution is -0.138. The molecule has 0 aliphatic carbocycles. The Kier molecular flexibility index (Phi) is 6.22. The van der Waals surface area contributed by atoms with Crippen LogP contribution < -0.4 is 0 Å². The average molecular weight is 324 g/mol. The Hall–Kier alpha value is -1.08. The highest BCUT2D eigenvalue weighted by atomic mass is 32.2. The Morgan fingerprint density at radius 3 is 2.05 bits per heavy atom.